The van der Waals surface area contributed by atoms with E-state index < -0.39 is 11.9 Å². The highest BCUT2D eigenvalue weighted by Crippen LogP contribution is 2.41. The Morgan fingerprint density at radius 1 is 1.48 bits per heavy atom. The van der Waals surface area contributed by atoms with Gasteiger partial charge in [0.15, 0.2) is 11.0 Å². The van der Waals surface area contributed by atoms with Crippen LogP contribution in [0.2, 0.25) is 5.15 Å². The molecule has 1 N–H and O–H groups in total. The van der Waals surface area contributed by atoms with Gasteiger partial charge in [0, 0.05) is 37.8 Å². The first-order chi connectivity index (χ1) is 12.0. The van der Waals surface area contributed by atoms with E-state index in [-0.39, 0.29) is 22.6 Å². The summed E-state index contributed by atoms with van der Waals surface area (Å²) in [5, 5.41) is 12.5. The van der Waals surface area contributed by atoms with Gasteiger partial charge in [0.05, 0.1) is 30.1 Å². The first kappa shape index (κ1) is 16.0. The number of amides is 1. The van der Waals surface area contributed by atoms with Crippen molar-refractivity contribution in [3.05, 3.63) is 23.4 Å². The van der Waals surface area contributed by atoms with E-state index in [1.54, 1.807) is 7.05 Å². The average Bonchev–Trinajstić information content (AvgIpc) is 2.62. The number of nitrogens with zero attached hydrogens (tertiary/aromatic N) is 5. The number of nitriles is 1. The van der Waals surface area contributed by atoms with E-state index in [1.165, 1.54) is 17.3 Å². The maximum Gasteiger partial charge on any atom is 0.250 e. The second kappa shape index (κ2) is 5.79. The Hall–Kier alpha value is -2.50. The Labute approximate surface area is 148 Å². The molecule has 0 aromatic carbocycles. The lowest BCUT2D eigenvalue weighted by Crippen LogP contribution is -2.64. The molecular formula is C16H14ClFN6O. The van der Waals surface area contributed by atoms with Crippen LogP contribution < -0.4 is 15.1 Å². The fourth-order valence-electron chi connectivity index (χ4n) is 3.50. The van der Waals surface area contributed by atoms with Gasteiger partial charge < -0.3 is 15.1 Å². The monoisotopic (exact) mass is 360 g/mol. The number of nitrogens with one attached hydrogen (secondary N) is 1. The number of rotatable bonds is 1. The minimum absolute atomic E-state index is 0.0704. The second-order valence-corrected chi connectivity index (χ2v) is 6.51. The van der Waals surface area contributed by atoms with Gasteiger partial charge >= 0.3 is 0 Å². The lowest BCUT2D eigenvalue weighted by molar-refractivity contribution is -0.120. The van der Waals surface area contributed by atoms with Crippen molar-refractivity contribution in [1.82, 2.24) is 15.3 Å². The SMILES string of the molecule is CN1C(=O)C2CNC(CC#N)CN2c2c1cnc1c(F)c(Cl)ncc21. The molecule has 1 fully saturated rings. The summed E-state index contributed by atoms with van der Waals surface area (Å²) in [4.78, 5) is 24.2. The largest absolute Gasteiger partial charge is 0.355 e. The lowest BCUT2D eigenvalue weighted by atomic mass is 9.99. The van der Waals surface area contributed by atoms with Crippen LogP contribution >= 0.6 is 11.6 Å². The van der Waals surface area contributed by atoms with Crippen molar-refractivity contribution in [3.8, 4) is 6.07 Å². The summed E-state index contributed by atoms with van der Waals surface area (Å²) in [5.74, 6) is -0.749. The van der Waals surface area contributed by atoms with Crippen LogP contribution in [-0.4, -0.2) is 48.1 Å². The quantitative estimate of drug-likeness (QED) is 0.775. The van der Waals surface area contributed by atoms with Gasteiger partial charge in [-0.3, -0.25) is 9.78 Å². The lowest BCUT2D eigenvalue weighted by Gasteiger charge is -2.46. The predicted octanol–water partition coefficient (Wildman–Crippen LogP) is 1.46. The second-order valence-electron chi connectivity index (χ2n) is 6.15. The van der Waals surface area contributed by atoms with Crippen molar-refractivity contribution in [2.75, 3.05) is 29.9 Å². The van der Waals surface area contributed by atoms with Gasteiger partial charge in [-0.1, -0.05) is 11.6 Å². The number of anilines is 2. The number of hydrogen-bond acceptors (Lipinski definition) is 6. The molecule has 4 heterocycles. The van der Waals surface area contributed by atoms with E-state index in [2.05, 4.69) is 21.4 Å². The normalized spacial score (nSPS) is 22.6. The van der Waals surface area contributed by atoms with E-state index in [0.29, 0.717) is 36.3 Å². The Morgan fingerprint density at radius 2 is 2.28 bits per heavy atom. The molecular weight excluding hydrogens is 347 g/mol. The van der Waals surface area contributed by atoms with E-state index >= 15 is 0 Å². The summed E-state index contributed by atoms with van der Waals surface area (Å²) < 4.78 is 14.4. The number of pyridine rings is 2. The summed E-state index contributed by atoms with van der Waals surface area (Å²) in [6, 6.07) is 1.65. The number of aromatic nitrogens is 2. The Morgan fingerprint density at radius 3 is 3.04 bits per heavy atom. The predicted molar refractivity (Wildman–Crippen MR) is 91.1 cm³/mol. The summed E-state index contributed by atoms with van der Waals surface area (Å²) in [5.41, 5.74) is 1.41. The first-order valence-corrected chi connectivity index (χ1v) is 8.18. The smallest absolute Gasteiger partial charge is 0.250 e. The molecule has 7 nitrogen and oxygen atoms in total. The van der Waals surface area contributed by atoms with Gasteiger partial charge in [-0.05, 0) is 0 Å². The molecule has 9 heteroatoms. The number of fused-ring (bicyclic) bond motifs is 5. The molecule has 0 aliphatic carbocycles. The minimum atomic E-state index is -0.679. The third kappa shape index (κ3) is 2.31. The van der Waals surface area contributed by atoms with Crippen molar-refractivity contribution < 1.29 is 9.18 Å². The van der Waals surface area contributed by atoms with Crippen LogP contribution in [0.4, 0.5) is 15.8 Å². The first-order valence-electron chi connectivity index (χ1n) is 7.80. The fourth-order valence-corrected chi connectivity index (χ4v) is 3.64. The molecule has 0 saturated carbocycles. The Bertz CT molecular complexity index is 929. The minimum Gasteiger partial charge on any atom is -0.355 e. The van der Waals surface area contributed by atoms with Crippen molar-refractivity contribution in [2.24, 2.45) is 0 Å². The highest BCUT2D eigenvalue weighted by atomic mass is 35.5. The average molecular weight is 361 g/mol. The van der Waals surface area contributed by atoms with Gasteiger partial charge in [-0.25, -0.2) is 9.37 Å². The highest BCUT2D eigenvalue weighted by Gasteiger charge is 2.41. The fraction of sp³-hybridized carbons (Fsp3) is 0.375. The Kier molecular flexibility index (Phi) is 3.71. The number of likely N-dealkylation sites (N-methyl/N-ethyl adjacent to an activating group) is 1. The zero-order valence-corrected chi connectivity index (χ0v) is 14.1. The third-order valence-corrected chi connectivity index (χ3v) is 5.02. The topological polar surface area (TPSA) is 85.2 Å². The summed E-state index contributed by atoms with van der Waals surface area (Å²) >= 11 is 5.77. The van der Waals surface area contributed by atoms with Crippen LogP contribution in [-0.2, 0) is 4.79 Å². The summed E-state index contributed by atoms with van der Waals surface area (Å²) in [6.45, 7) is 0.885. The standard InChI is InChI=1S/C16H14ClFN6O/c1-23-10-5-21-13-9(4-22-15(17)12(13)18)14(10)24-7-8(2-3-19)20-6-11(24)16(23)25/h4-5,8,11,20H,2,6-7H2,1H3. The number of carbonyl (C=O) groups is 1. The third-order valence-electron chi connectivity index (χ3n) is 4.76. The number of piperazine rings is 1. The maximum absolute atomic E-state index is 14.4. The number of hydrogen-bond donors (Lipinski definition) is 1. The van der Waals surface area contributed by atoms with Gasteiger partial charge in [-0.15, -0.1) is 0 Å². The zero-order chi connectivity index (χ0) is 17.7. The molecule has 25 heavy (non-hydrogen) atoms. The van der Waals surface area contributed by atoms with Crippen LogP contribution in [0.1, 0.15) is 6.42 Å². The van der Waals surface area contributed by atoms with Gasteiger partial charge in [0.2, 0.25) is 0 Å². The number of halogens is 2. The zero-order valence-electron chi connectivity index (χ0n) is 13.3. The molecule has 2 aromatic rings. The van der Waals surface area contributed by atoms with Crippen LogP contribution in [0.5, 0.6) is 0 Å². The Balaban J connectivity index is 1.94. The molecule has 2 unspecified atom stereocenters. The summed E-state index contributed by atoms with van der Waals surface area (Å²) in [6.07, 6.45) is 3.28. The van der Waals surface area contributed by atoms with Crippen molar-refractivity contribution in [3.63, 3.8) is 0 Å². The van der Waals surface area contributed by atoms with Crippen LogP contribution in [0.3, 0.4) is 0 Å². The summed E-state index contributed by atoms with van der Waals surface area (Å²) in [7, 11) is 1.67. The molecule has 1 amide bonds. The molecule has 128 valence electrons. The molecule has 2 aromatic heterocycles. The van der Waals surface area contributed by atoms with E-state index in [4.69, 9.17) is 16.9 Å². The van der Waals surface area contributed by atoms with Gasteiger partial charge in [0.25, 0.3) is 5.91 Å². The molecule has 0 spiro atoms. The van der Waals surface area contributed by atoms with Crippen molar-refractivity contribution >= 4 is 39.8 Å². The van der Waals surface area contributed by atoms with Gasteiger partial charge in [0.1, 0.15) is 11.6 Å². The van der Waals surface area contributed by atoms with Gasteiger partial charge in [-0.2, -0.15) is 5.26 Å². The molecule has 2 aliphatic rings. The van der Waals surface area contributed by atoms with Crippen molar-refractivity contribution in [2.45, 2.75) is 18.5 Å². The van der Waals surface area contributed by atoms with E-state index in [9.17, 15) is 9.18 Å². The van der Waals surface area contributed by atoms with Crippen LogP contribution in [0, 0.1) is 17.1 Å². The molecule has 0 radical (unpaired) electrons. The van der Waals surface area contributed by atoms with Crippen molar-refractivity contribution in [1.29, 1.82) is 5.26 Å². The molecule has 1 saturated heterocycles. The molecule has 2 atom stereocenters. The molecule has 2 aliphatic heterocycles. The van der Waals surface area contributed by atoms with E-state index in [0.717, 1.165) is 0 Å². The van der Waals surface area contributed by atoms with Crippen LogP contribution in [0.25, 0.3) is 10.9 Å². The highest BCUT2D eigenvalue weighted by molar-refractivity contribution is 6.30. The molecule has 4 rings (SSSR count). The van der Waals surface area contributed by atoms with Crippen LogP contribution in [0.15, 0.2) is 12.4 Å². The molecule has 0 bridgehead atoms. The maximum atomic E-state index is 14.4. The number of carbonyl (C=O) groups excluding carboxylic acids is 1. The van der Waals surface area contributed by atoms with E-state index in [1.807, 2.05) is 4.90 Å².